The highest BCUT2D eigenvalue weighted by Gasteiger charge is 2.33. The van der Waals surface area contributed by atoms with Crippen LogP contribution >= 0.6 is 0 Å². The predicted molar refractivity (Wildman–Crippen MR) is 83.9 cm³/mol. The van der Waals surface area contributed by atoms with Crippen LogP contribution in [0.15, 0.2) is 48.5 Å². The molecule has 4 heteroatoms. The normalized spacial score (nSPS) is 17.0. The van der Waals surface area contributed by atoms with Crippen LogP contribution in [0.4, 0.5) is 17.1 Å². The highest BCUT2D eigenvalue weighted by molar-refractivity contribution is 6.04. The number of hydrogen-bond acceptors (Lipinski definition) is 3. The summed E-state index contributed by atoms with van der Waals surface area (Å²) in [5.41, 5.74) is 3.57. The maximum absolute atomic E-state index is 11.8. The topological polar surface area (TPSA) is 43.8 Å². The molecular weight excluding hydrogens is 264 g/mol. The Labute approximate surface area is 124 Å². The minimum atomic E-state index is -1.04. The van der Waals surface area contributed by atoms with Crippen molar-refractivity contribution < 1.29 is 9.90 Å². The van der Waals surface area contributed by atoms with Crippen molar-refractivity contribution in [3.05, 3.63) is 54.1 Å². The molecule has 1 unspecified atom stereocenters. The van der Waals surface area contributed by atoms with Gasteiger partial charge in [0.2, 0.25) is 0 Å². The van der Waals surface area contributed by atoms with Crippen molar-refractivity contribution in [1.82, 2.24) is 0 Å². The van der Waals surface area contributed by atoms with Crippen LogP contribution in [-0.4, -0.2) is 24.6 Å². The van der Waals surface area contributed by atoms with Gasteiger partial charge in [-0.1, -0.05) is 24.3 Å². The fraction of sp³-hybridized carbons (Fsp3) is 0.235. The summed E-state index contributed by atoms with van der Waals surface area (Å²) < 4.78 is 0. The number of likely N-dealkylation sites (N-methyl/N-ethyl adjacent to an activating group) is 1. The zero-order valence-electron chi connectivity index (χ0n) is 12.2. The van der Waals surface area contributed by atoms with Gasteiger partial charge in [0.25, 0.3) is 5.91 Å². The first-order chi connectivity index (χ1) is 10.1. The van der Waals surface area contributed by atoms with Crippen LogP contribution in [0.25, 0.3) is 0 Å². The second-order valence-electron chi connectivity index (χ2n) is 5.12. The molecule has 0 saturated carbocycles. The van der Waals surface area contributed by atoms with Crippen molar-refractivity contribution in [1.29, 1.82) is 0 Å². The molecule has 0 saturated heterocycles. The van der Waals surface area contributed by atoms with Gasteiger partial charge in [0.1, 0.15) is 0 Å². The SMILES string of the molecule is CCN(c1ccccc1)c1ccc2c(c1)N(C)C(=O)C2O. The Bertz CT molecular complexity index is 670. The average molecular weight is 282 g/mol. The third kappa shape index (κ3) is 2.17. The lowest BCUT2D eigenvalue weighted by Gasteiger charge is -2.24. The summed E-state index contributed by atoms with van der Waals surface area (Å²) in [5, 5.41) is 9.92. The molecule has 1 heterocycles. The van der Waals surface area contributed by atoms with Gasteiger partial charge in [0.15, 0.2) is 6.10 Å². The van der Waals surface area contributed by atoms with E-state index < -0.39 is 6.10 Å². The van der Waals surface area contributed by atoms with Gasteiger partial charge < -0.3 is 14.9 Å². The van der Waals surface area contributed by atoms with Crippen LogP contribution in [0.5, 0.6) is 0 Å². The van der Waals surface area contributed by atoms with E-state index >= 15 is 0 Å². The lowest BCUT2D eigenvalue weighted by Crippen LogP contribution is -2.23. The van der Waals surface area contributed by atoms with Crippen molar-refractivity contribution in [3.63, 3.8) is 0 Å². The van der Waals surface area contributed by atoms with Gasteiger partial charge in [-0.2, -0.15) is 0 Å². The number of nitrogens with zero attached hydrogens (tertiary/aromatic N) is 2. The lowest BCUT2D eigenvalue weighted by atomic mass is 10.1. The molecule has 0 aliphatic carbocycles. The molecule has 2 aromatic rings. The molecule has 21 heavy (non-hydrogen) atoms. The van der Waals surface area contributed by atoms with Crippen LogP contribution in [0.3, 0.4) is 0 Å². The van der Waals surface area contributed by atoms with Crippen molar-refractivity contribution in [3.8, 4) is 0 Å². The number of amides is 1. The molecule has 4 nitrogen and oxygen atoms in total. The summed E-state index contributed by atoms with van der Waals surface area (Å²) in [6.45, 7) is 2.91. The zero-order chi connectivity index (χ0) is 15.0. The molecular formula is C17H18N2O2. The number of fused-ring (bicyclic) bond motifs is 1. The molecule has 0 aromatic heterocycles. The summed E-state index contributed by atoms with van der Waals surface area (Å²) in [5.74, 6) is -0.273. The second-order valence-corrected chi connectivity index (χ2v) is 5.12. The Kier molecular flexibility index (Phi) is 3.39. The predicted octanol–water partition coefficient (Wildman–Crippen LogP) is 2.85. The maximum atomic E-state index is 11.8. The number of aliphatic hydroxyl groups is 1. The molecule has 1 amide bonds. The minimum absolute atomic E-state index is 0.273. The largest absolute Gasteiger partial charge is 0.378 e. The number of para-hydroxylation sites is 1. The number of benzene rings is 2. The summed E-state index contributed by atoms with van der Waals surface area (Å²) >= 11 is 0. The Balaban J connectivity index is 2.03. The fourth-order valence-corrected chi connectivity index (χ4v) is 2.78. The van der Waals surface area contributed by atoms with Gasteiger partial charge in [-0.25, -0.2) is 0 Å². The molecule has 0 radical (unpaired) electrons. The molecule has 0 fully saturated rings. The van der Waals surface area contributed by atoms with E-state index in [-0.39, 0.29) is 5.91 Å². The van der Waals surface area contributed by atoms with Crippen LogP contribution < -0.4 is 9.80 Å². The van der Waals surface area contributed by atoms with Gasteiger partial charge >= 0.3 is 0 Å². The third-order valence-electron chi connectivity index (χ3n) is 3.93. The Morgan fingerprint density at radius 3 is 2.52 bits per heavy atom. The number of rotatable bonds is 3. The Morgan fingerprint density at radius 1 is 1.14 bits per heavy atom. The quantitative estimate of drug-likeness (QED) is 0.941. The highest BCUT2D eigenvalue weighted by Crippen LogP contribution is 2.38. The third-order valence-corrected chi connectivity index (χ3v) is 3.93. The van der Waals surface area contributed by atoms with Gasteiger partial charge in [-0.15, -0.1) is 0 Å². The van der Waals surface area contributed by atoms with Gasteiger partial charge in [-0.3, -0.25) is 4.79 Å². The lowest BCUT2D eigenvalue weighted by molar-refractivity contribution is -0.125. The smallest absolute Gasteiger partial charge is 0.260 e. The summed E-state index contributed by atoms with van der Waals surface area (Å²) in [6, 6.07) is 15.9. The first-order valence-electron chi connectivity index (χ1n) is 7.05. The standard InChI is InChI=1S/C17H18N2O2/c1-3-19(12-7-5-4-6-8-12)13-9-10-14-15(11-13)18(2)17(21)16(14)20/h4-11,16,20H,3H2,1-2H3. The molecule has 0 bridgehead atoms. The number of carbonyl (C=O) groups excluding carboxylic acids is 1. The summed E-state index contributed by atoms with van der Waals surface area (Å²) in [7, 11) is 1.69. The van der Waals surface area contributed by atoms with E-state index in [9.17, 15) is 9.90 Å². The maximum Gasteiger partial charge on any atom is 0.260 e. The average Bonchev–Trinajstić information content (AvgIpc) is 2.74. The van der Waals surface area contributed by atoms with E-state index in [0.29, 0.717) is 5.56 Å². The molecule has 1 N–H and O–H groups in total. The van der Waals surface area contributed by atoms with Gasteiger partial charge in [-0.05, 0) is 31.2 Å². The van der Waals surface area contributed by atoms with E-state index in [0.717, 1.165) is 23.6 Å². The van der Waals surface area contributed by atoms with Crippen LogP contribution in [0.1, 0.15) is 18.6 Å². The number of hydrogen-bond donors (Lipinski definition) is 1. The number of carbonyl (C=O) groups is 1. The first kappa shape index (κ1) is 13.6. The van der Waals surface area contributed by atoms with Gasteiger partial charge in [0, 0.05) is 30.5 Å². The van der Waals surface area contributed by atoms with Crippen LogP contribution in [-0.2, 0) is 4.79 Å². The molecule has 0 spiro atoms. The number of aliphatic hydroxyl groups excluding tert-OH is 1. The first-order valence-corrected chi connectivity index (χ1v) is 7.05. The van der Waals surface area contributed by atoms with Crippen LogP contribution in [0, 0.1) is 0 Å². The highest BCUT2D eigenvalue weighted by atomic mass is 16.3. The molecule has 3 rings (SSSR count). The Morgan fingerprint density at radius 2 is 1.86 bits per heavy atom. The van der Waals surface area contributed by atoms with Crippen molar-refractivity contribution >= 4 is 23.0 Å². The molecule has 1 atom stereocenters. The monoisotopic (exact) mass is 282 g/mol. The Hall–Kier alpha value is -2.33. The van der Waals surface area contributed by atoms with E-state index in [2.05, 4.69) is 24.0 Å². The summed E-state index contributed by atoms with van der Waals surface area (Å²) in [6.07, 6.45) is -1.04. The van der Waals surface area contributed by atoms with E-state index in [1.165, 1.54) is 4.90 Å². The molecule has 1 aliphatic heterocycles. The van der Waals surface area contributed by atoms with E-state index in [1.807, 2.05) is 36.4 Å². The zero-order valence-corrected chi connectivity index (χ0v) is 12.2. The fourth-order valence-electron chi connectivity index (χ4n) is 2.78. The minimum Gasteiger partial charge on any atom is -0.378 e. The van der Waals surface area contributed by atoms with Crippen molar-refractivity contribution in [2.45, 2.75) is 13.0 Å². The van der Waals surface area contributed by atoms with E-state index in [4.69, 9.17) is 0 Å². The number of anilines is 3. The molecule has 1 aliphatic rings. The molecule has 2 aromatic carbocycles. The van der Waals surface area contributed by atoms with E-state index in [1.54, 1.807) is 7.05 Å². The second kappa shape index (κ2) is 5.22. The van der Waals surface area contributed by atoms with Crippen LogP contribution in [0.2, 0.25) is 0 Å². The van der Waals surface area contributed by atoms with Crippen molar-refractivity contribution in [2.24, 2.45) is 0 Å². The molecule has 108 valence electrons. The van der Waals surface area contributed by atoms with Gasteiger partial charge in [0.05, 0.1) is 5.69 Å². The van der Waals surface area contributed by atoms with Crippen molar-refractivity contribution in [2.75, 3.05) is 23.4 Å². The summed E-state index contributed by atoms with van der Waals surface area (Å²) in [4.78, 5) is 15.5.